The fourth-order valence-corrected chi connectivity index (χ4v) is 1.90. The molecular formula is C12H19NOS. The first kappa shape index (κ1) is 12.4. The van der Waals surface area contributed by atoms with Crippen molar-refractivity contribution in [2.24, 2.45) is 0 Å². The number of hydrogen-bond acceptors (Lipinski definition) is 3. The van der Waals surface area contributed by atoms with Crippen LogP contribution in [0.15, 0.2) is 12.1 Å². The van der Waals surface area contributed by atoms with Crippen LogP contribution in [0.2, 0.25) is 0 Å². The fourth-order valence-electron chi connectivity index (χ4n) is 1.75. The maximum atomic E-state index is 5.33. The Morgan fingerprint density at radius 1 is 1.20 bits per heavy atom. The van der Waals surface area contributed by atoms with Gasteiger partial charge >= 0.3 is 0 Å². The maximum absolute atomic E-state index is 5.33. The lowest BCUT2D eigenvalue weighted by Crippen LogP contribution is -2.15. The Labute approximate surface area is 97.6 Å². The molecule has 0 aromatic heterocycles. The van der Waals surface area contributed by atoms with Gasteiger partial charge in [0.25, 0.3) is 0 Å². The quantitative estimate of drug-likeness (QED) is 0.627. The molecule has 0 aliphatic rings. The Balaban J connectivity index is 3.14. The van der Waals surface area contributed by atoms with Gasteiger partial charge < -0.3 is 4.74 Å². The van der Waals surface area contributed by atoms with Gasteiger partial charge in [0.1, 0.15) is 5.75 Å². The molecule has 0 saturated heterocycles. The highest BCUT2D eigenvalue weighted by Crippen LogP contribution is 2.30. The van der Waals surface area contributed by atoms with Gasteiger partial charge in [-0.1, -0.05) is 0 Å². The Bertz CT molecular complexity index is 326. The van der Waals surface area contributed by atoms with Crippen LogP contribution in [-0.4, -0.2) is 26.1 Å². The van der Waals surface area contributed by atoms with Crippen LogP contribution in [0.4, 0.5) is 0 Å². The molecule has 2 nitrogen and oxygen atoms in total. The van der Waals surface area contributed by atoms with E-state index in [4.69, 9.17) is 4.74 Å². The molecule has 84 valence electrons. The zero-order chi connectivity index (χ0) is 11.6. The molecule has 0 radical (unpaired) electrons. The smallest absolute Gasteiger partial charge is 0.124 e. The molecule has 0 fully saturated rings. The van der Waals surface area contributed by atoms with Crippen LogP contribution in [0.25, 0.3) is 0 Å². The lowest BCUT2D eigenvalue weighted by atomic mass is 10.1. The largest absolute Gasteiger partial charge is 0.496 e. The van der Waals surface area contributed by atoms with Gasteiger partial charge in [-0.05, 0) is 56.8 Å². The number of thiol groups is 1. The summed E-state index contributed by atoms with van der Waals surface area (Å²) in [4.78, 5) is 2.07. The minimum Gasteiger partial charge on any atom is -0.496 e. The van der Waals surface area contributed by atoms with Gasteiger partial charge in [-0.25, -0.2) is 0 Å². The molecule has 1 aromatic rings. The molecule has 0 spiro atoms. The summed E-state index contributed by atoms with van der Waals surface area (Å²) in [6.07, 6.45) is 0. The molecule has 1 atom stereocenters. The van der Waals surface area contributed by atoms with Crippen LogP contribution in [0.1, 0.15) is 22.1 Å². The molecule has 0 aliphatic carbocycles. The molecule has 1 unspecified atom stereocenters. The van der Waals surface area contributed by atoms with E-state index in [9.17, 15) is 0 Å². The second-order valence-corrected chi connectivity index (χ2v) is 4.51. The average Bonchev–Trinajstić information content (AvgIpc) is 2.15. The van der Waals surface area contributed by atoms with Crippen molar-refractivity contribution < 1.29 is 4.74 Å². The molecule has 3 heteroatoms. The summed E-state index contributed by atoms with van der Waals surface area (Å²) in [5.74, 6) is 0.970. The summed E-state index contributed by atoms with van der Waals surface area (Å²) in [5, 5.41) is 0.133. The second kappa shape index (κ2) is 4.90. The first-order valence-electron chi connectivity index (χ1n) is 4.97. The van der Waals surface area contributed by atoms with Gasteiger partial charge in [0.05, 0.1) is 12.5 Å². The number of ether oxygens (including phenoxy) is 1. The highest BCUT2D eigenvalue weighted by atomic mass is 32.1. The number of methoxy groups -OCH3 is 1. The van der Waals surface area contributed by atoms with Gasteiger partial charge in [-0.3, -0.25) is 4.90 Å². The summed E-state index contributed by atoms with van der Waals surface area (Å²) in [6.45, 7) is 4.12. The predicted octanol–water partition coefficient (Wildman–Crippen LogP) is 2.80. The maximum Gasteiger partial charge on any atom is 0.124 e. The molecule has 0 amide bonds. The number of aryl methyl sites for hydroxylation is 2. The van der Waals surface area contributed by atoms with E-state index in [1.165, 1.54) is 5.56 Å². The van der Waals surface area contributed by atoms with E-state index in [1.54, 1.807) is 7.11 Å². The zero-order valence-electron chi connectivity index (χ0n) is 10.0. The standard InChI is InChI=1S/C12H19NOS/c1-8-6-10(12(15)13(3)4)7-9(2)11(8)14-5/h6-7,12,15H,1-5H3. The second-order valence-electron chi connectivity index (χ2n) is 4.03. The van der Waals surface area contributed by atoms with Crippen molar-refractivity contribution in [1.82, 2.24) is 4.90 Å². The third kappa shape index (κ3) is 2.67. The van der Waals surface area contributed by atoms with E-state index in [0.717, 1.165) is 16.9 Å². The van der Waals surface area contributed by atoms with E-state index < -0.39 is 0 Å². The first-order valence-corrected chi connectivity index (χ1v) is 5.48. The number of hydrogen-bond donors (Lipinski definition) is 1. The fraction of sp³-hybridized carbons (Fsp3) is 0.500. The lowest BCUT2D eigenvalue weighted by Gasteiger charge is -2.21. The van der Waals surface area contributed by atoms with Crippen LogP contribution in [0.5, 0.6) is 5.75 Å². The molecule has 0 N–H and O–H groups in total. The SMILES string of the molecule is COc1c(C)cc(C(S)N(C)C)cc1C. The Kier molecular flexibility index (Phi) is 4.05. The van der Waals surface area contributed by atoms with E-state index >= 15 is 0 Å². The summed E-state index contributed by atoms with van der Waals surface area (Å²) in [7, 11) is 5.75. The van der Waals surface area contributed by atoms with Crippen LogP contribution in [0.3, 0.4) is 0 Å². The molecule has 1 aromatic carbocycles. The third-order valence-electron chi connectivity index (χ3n) is 2.47. The predicted molar refractivity (Wildman–Crippen MR) is 67.9 cm³/mol. The minimum atomic E-state index is 0.133. The number of rotatable bonds is 3. The summed E-state index contributed by atoms with van der Waals surface area (Å²) in [5.41, 5.74) is 3.53. The summed E-state index contributed by atoms with van der Waals surface area (Å²) < 4.78 is 5.33. The molecule has 0 saturated carbocycles. The third-order valence-corrected chi connectivity index (χ3v) is 3.23. The van der Waals surface area contributed by atoms with Crippen molar-refractivity contribution in [3.8, 4) is 5.75 Å². The topological polar surface area (TPSA) is 12.5 Å². The lowest BCUT2D eigenvalue weighted by molar-refractivity contribution is 0.390. The van der Waals surface area contributed by atoms with Crippen molar-refractivity contribution in [3.63, 3.8) is 0 Å². The highest BCUT2D eigenvalue weighted by molar-refractivity contribution is 7.80. The van der Waals surface area contributed by atoms with Crippen molar-refractivity contribution in [3.05, 3.63) is 28.8 Å². The van der Waals surface area contributed by atoms with E-state index in [0.29, 0.717) is 0 Å². The van der Waals surface area contributed by atoms with Crippen LogP contribution in [0, 0.1) is 13.8 Å². The summed E-state index contributed by atoms with van der Waals surface area (Å²) in [6, 6.07) is 4.26. The van der Waals surface area contributed by atoms with E-state index in [2.05, 4.69) is 43.5 Å². The van der Waals surface area contributed by atoms with E-state index in [-0.39, 0.29) is 5.37 Å². The molecular weight excluding hydrogens is 206 g/mol. The van der Waals surface area contributed by atoms with Crippen molar-refractivity contribution in [2.75, 3.05) is 21.2 Å². The number of nitrogens with zero attached hydrogens (tertiary/aromatic N) is 1. The number of benzene rings is 1. The Hall–Kier alpha value is -0.670. The first-order chi connectivity index (χ1) is 6.97. The van der Waals surface area contributed by atoms with Crippen molar-refractivity contribution in [1.29, 1.82) is 0 Å². The van der Waals surface area contributed by atoms with Crippen molar-refractivity contribution in [2.45, 2.75) is 19.2 Å². The van der Waals surface area contributed by atoms with Gasteiger partial charge in [0.2, 0.25) is 0 Å². The molecule has 15 heavy (non-hydrogen) atoms. The summed E-state index contributed by atoms with van der Waals surface area (Å²) >= 11 is 4.56. The van der Waals surface area contributed by atoms with Crippen molar-refractivity contribution >= 4 is 12.6 Å². The molecule has 1 rings (SSSR count). The molecule has 0 bridgehead atoms. The van der Waals surface area contributed by atoms with Gasteiger partial charge in [-0.15, -0.1) is 0 Å². The van der Waals surface area contributed by atoms with Gasteiger partial charge in [-0.2, -0.15) is 12.6 Å². The molecule has 0 aliphatic heterocycles. The average molecular weight is 225 g/mol. The minimum absolute atomic E-state index is 0.133. The molecule has 0 heterocycles. The zero-order valence-corrected chi connectivity index (χ0v) is 10.9. The van der Waals surface area contributed by atoms with Gasteiger partial charge in [0, 0.05) is 0 Å². The Morgan fingerprint density at radius 2 is 1.67 bits per heavy atom. The van der Waals surface area contributed by atoms with Gasteiger partial charge in [0.15, 0.2) is 0 Å². The monoisotopic (exact) mass is 225 g/mol. The van der Waals surface area contributed by atoms with Crippen LogP contribution < -0.4 is 4.74 Å². The Morgan fingerprint density at radius 3 is 2.00 bits per heavy atom. The van der Waals surface area contributed by atoms with Crippen LogP contribution in [-0.2, 0) is 0 Å². The normalized spacial score (nSPS) is 13.0. The van der Waals surface area contributed by atoms with E-state index in [1.807, 2.05) is 14.1 Å². The van der Waals surface area contributed by atoms with Crippen LogP contribution >= 0.6 is 12.6 Å². The highest BCUT2D eigenvalue weighted by Gasteiger charge is 2.12.